The Kier molecular flexibility index (Phi) is 3.59. The largest absolute Gasteiger partial charge is 0.326 e. The molecule has 0 fully saturated rings. The van der Waals surface area contributed by atoms with Crippen LogP contribution in [0.4, 0.5) is 5.69 Å². The van der Waals surface area contributed by atoms with Gasteiger partial charge in [0, 0.05) is 35.4 Å². The Morgan fingerprint density at radius 3 is 2.96 bits per heavy atom. The van der Waals surface area contributed by atoms with Crippen LogP contribution in [0.2, 0.25) is 0 Å². The van der Waals surface area contributed by atoms with Crippen LogP contribution in [-0.2, 0) is 11.2 Å². The summed E-state index contributed by atoms with van der Waals surface area (Å²) < 4.78 is 0. The van der Waals surface area contributed by atoms with E-state index < -0.39 is 0 Å². The number of nitrogens with one attached hydrogen (secondary N) is 1. The van der Waals surface area contributed by atoms with Gasteiger partial charge in [-0.3, -0.25) is 14.8 Å². The maximum absolute atomic E-state index is 11.6. The number of carbonyl (C=O) groups excluding carboxylic acids is 1. The SMILES string of the molecule is O=C1CCCc2cc(-c3csc(-c4cnccn4)n3)ccc2N1. The summed E-state index contributed by atoms with van der Waals surface area (Å²) in [6.07, 6.45) is 7.40. The number of fused-ring (bicyclic) bond motifs is 1. The van der Waals surface area contributed by atoms with Crippen LogP contribution < -0.4 is 5.32 Å². The fraction of sp³-hybridized carbons (Fsp3) is 0.176. The van der Waals surface area contributed by atoms with Crippen molar-refractivity contribution in [2.75, 3.05) is 5.32 Å². The van der Waals surface area contributed by atoms with Gasteiger partial charge in [-0.05, 0) is 30.5 Å². The van der Waals surface area contributed by atoms with Gasteiger partial charge in [0.1, 0.15) is 10.7 Å². The molecule has 0 radical (unpaired) electrons. The topological polar surface area (TPSA) is 67.8 Å². The third kappa shape index (κ3) is 2.85. The second-order valence-corrected chi connectivity index (χ2v) is 6.26. The van der Waals surface area contributed by atoms with E-state index in [9.17, 15) is 4.79 Å². The van der Waals surface area contributed by atoms with E-state index in [2.05, 4.69) is 26.3 Å². The molecule has 0 atom stereocenters. The van der Waals surface area contributed by atoms with E-state index in [4.69, 9.17) is 0 Å². The molecule has 0 saturated heterocycles. The molecule has 114 valence electrons. The van der Waals surface area contributed by atoms with E-state index in [-0.39, 0.29) is 5.91 Å². The highest BCUT2D eigenvalue weighted by atomic mass is 32.1. The number of thiazole rings is 1. The Labute approximate surface area is 137 Å². The van der Waals surface area contributed by atoms with E-state index in [1.165, 1.54) is 5.56 Å². The summed E-state index contributed by atoms with van der Waals surface area (Å²) >= 11 is 1.56. The van der Waals surface area contributed by atoms with Crippen LogP contribution in [0.5, 0.6) is 0 Å². The number of benzene rings is 1. The van der Waals surface area contributed by atoms with Crippen molar-refractivity contribution in [2.24, 2.45) is 0 Å². The number of aromatic nitrogens is 3. The lowest BCUT2D eigenvalue weighted by Crippen LogP contribution is -2.09. The van der Waals surface area contributed by atoms with Crippen LogP contribution in [0.3, 0.4) is 0 Å². The zero-order valence-corrected chi connectivity index (χ0v) is 13.1. The first-order chi connectivity index (χ1) is 11.3. The van der Waals surface area contributed by atoms with Gasteiger partial charge in [-0.15, -0.1) is 11.3 Å². The van der Waals surface area contributed by atoms with Crippen molar-refractivity contribution in [2.45, 2.75) is 19.3 Å². The van der Waals surface area contributed by atoms with Crippen LogP contribution >= 0.6 is 11.3 Å². The van der Waals surface area contributed by atoms with Crippen molar-refractivity contribution in [1.82, 2.24) is 15.0 Å². The third-order valence-electron chi connectivity index (χ3n) is 3.81. The van der Waals surface area contributed by atoms with Gasteiger partial charge in [-0.25, -0.2) is 4.98 Å². The molecular formula is C17H14N4OS. The van der Waals surface area contributed by atoms with Crippen molar-refractivity contribution in [1.29, 1.82) is 0 Å². The molecule has 0 bridgehead atoms. The fourth-order valence-corrected chi connectivity index (χ4v) is 3.46. The number of aryl methyl sites for hydroxylation is 1. The van der Waals surface area contributed by atoms with Gasteiger partial charge in [0.25, 0.3) is 0 Å². The molecule has 5 nitrogen and oxygen atoms in total. The molecular weight excluding hydrogens is 308 g/mol. The molecule has 1 amide bonds. The highest BCUT2D eigenvalue weighted by Gasteiger charge is 2.14. The number of rotatable bonds is 2. The van der Waals surface area contributed by atoms with E-state index in [1.54, 1.807) is 29.9 Å². The molecule has 0 saturated carbocycles. The first kappa shape index (κ1) is 14.0. The Morgan fingerprint density at radius 1 is 1.13 bits per heavy atom. The lowest BCUT2D eigenvalue weighted by atomic mass is 10.0. The smallest absolute Gasteiger partial charge is 0.224 e. The molecule has 1 aliphatic rings. The lowest BCUT2D eigenvalue weighted by molar-refractivity contribution is -0.116. The standard InChI is InChI=1S/C17H14N4OS/c22-16-3-1-2-11-8-12(4-5-13(11)20-16)15-10-23-17(21-15)14-9-18-6-7-19-14/h4-10H,1-3H2,(H,20,22). The summed E-state index contributed by atoms with van der Waals surface area (Å²) in [6, 6.07) is 6.09. The average molecular weight is 322 g/mol. The number of amides is 1. The Morgan fingerprint density at radius 2 is 2.09 bits per heavy atom. The molecule has 1 aliphatic heterocycles. The first-order valence-corrected chi connectivity index (χ1v) is 8.32. The number of carbonyl (C=O) groups is 1. The van der Waals surface area contributed by atoms with E-state index in [0.717, 1.165) is 40.5 Å². The van der Waals surface area contributed by atoms with Crippen LogP contribution in [-0.4, -0.2) is 20.9 Å². The molecule has 3 heterocycles. The Bertz CT molecular complexity index is 860. The minimum absolute atomic E-state index is 0.0927. The van der Waals surface area contributed by atoms with Gasteiger partial charge in [0.2, 0.25) is 5.91 Å². The van der Waals surface area contributed by atoms with Crippen molar-refractivity contribution < 1.29 is 4.79 Å². The third-order valence-corrected chi connectivity index (χ3v) is 4.68. The van der Waals surface area contributed by atoms with E-state index in [0.29, 0.717) is 6.42 Å². The predicted octanol–water partition coefficient (Wildman–Crippen LogP) is 3.54. The van der Waals surface area contributed by atoms with Crippen LogP contribution in [0, 0.1) is 0 Å². The summed E-state index contributed by atoms with van der Waals surface area (Å²) in [4.78, 5) is 24.7. The van der Waals surface area contributed by atoms with E-state index >= 15 is 0 Å². The van der Waals surface area contributed by atoms with Gasteiger partial charge in [-0.2, -0.15) is 0 Å². The summed E-state index contributed by atoms with van der Waals surface area (Å²) in [6.45, 7) is 0. The summed E-state index contributed by atoms with van der Waals surface area (Å²) in [7, 11) is 0. The van der Waals surface area contributed by atoms with Gasteiger partial charge in [0.05, 0.1) is 11.9 Å². The molecule has 6 heteroatoms. The Balaban J connectivity index is 1.68. The maximum atomic E-state index is 11.6. The summed E-state index contributed by atoms with van der Waals surface area (Å²) in [5.41, 5.74) is 4.86. The van der Waals surface area contributed by atoms with Gasteiger partial charge in [-0.1, -0.05) is 6.07 Å². The quantitative estimate of drug-likeness (QED) is 0.783. The normalized spacial score (nSPS) is 14.0. The van der Waals surface area contributed by atoms with Gasteiger partial charge in [0.15, 0.2) is 0 Å². The van der Waals surface area contributed by atoms with E-state index in [1.807, 2.05) is 17.5 Å². The van der Waals surface area contributed by atoms with Crippen LogP contribution in [0.25, 0.3) is 22.0 Å². The van der Waals surface area contributed by atoms with Crippen molar-refractivity contribution in [3.63, 3.8) is 0 Å². The van der Waals surface area contributed by atoms with Crippen LogP contribution in [0.15, 0.2) is 42.2 Å². The number of hydrogen-bond donors (Lipinski definition) is 1. The molecule has 1 aromatic carbocycles. The monoisotopic (exact) mass is 322 g/mol. The van der Waals surface area contributed by atoms with Gasteiger partial charge >= 0.3 is 0 Å². The molecule has 23 heavy (non-hydrogen) atoms. The maximum Gasteiger partial charge on any atom is 0.224 e. The molecule has 0 aliphatic carbocycles. The second kappa shape index (κ2) is 5.89. The average Bonchev–Trinajstić information content (AvgIpc) is 2.99. The second-order valence-electron chi connectivity index (χ2n) is 5.40. The molecule has 4 rings (SSSR count). The molecule has 2 aromatic heterocycles. The van der Waals surface area contributed by atoms with Crippen molar-refractivity contribution in [3.05, 3.63) is 47.7 Å². The number of hydrogen-bond acceptors (Lipinski definition) is 5. The Hall–Kier alpha value is -2.60. The zero-order valence-electron chi connectivity index (χ0n) is 12.3. The van der Waals surface area contributed by atoms with Gasteiger partial charge < -0.3 is 5.32 Å². The number of anilines is 1. The molecule has 3 aromatic rings. The summed E-state index contributed by atoms with van der Waals surface area (Å²) in [5, 5.41) is 5.84. The highest BCUT2D eigenvalue weighted by molar-refractivity contribution is 7.13. The van der Waals surface area contributed by atoms with Crippen LogP contribution in [0.1, 0.15) is 18.4 Å². The lowest BCUT2D eigenvalue weighted by Gasteiger charge is -2.08. The predicted molar refractivity (Wildman–Crippen MR) is 90.1 cm³/mol. The molecule has 0 unspecified atom stereocenters. The minimum Gasteiger partial charge on any atom is -0.326 e. The minimum atomic E-state index is 0.0927. The molecule has 1 N–H and O–H groups in total. The highest BCUT2D eigenvalue weighted by Crippen LogP contribution is 2.31. The fourth-order valence-electron chi connectivity index (χ4n) is 2.67. The first-order valence-electron chi connectivity index (χ1n) is 7.45. The van der Waals surface area contributed by atoms with Crippen molar-refractivity contribution >= 4 is 22.9 Å². The summed E-state index contributed by atoms with van der Waals surface area (Å²) in [5.74, 6) is 0.0927. The zero-order chi connectivity index (χ0) is 15.6. The molecule has 0 spiro atoms. The van der Waals surface area contributed by atoms with Crippen molar-refractivity contribution in [3.8, 4) is 22.0 Å². The number of nitrogens with zero attached hydrogens (tertiary/aromatic N) is 3.